The molecule has 26 heavy (non-hydrogen) atoms. The van der Waals surface area contributed by atoms with Gasteiger partial charge in [-0.1, -0.05) is 30.3 Å². The topological polar surface area (TPSA) is 35.9 Å². The summed E-state index contributed by atoms with van der Waals surface area (Å²) in [6, 6.07) is 14.9. The molecule has 0 fully saturated rings. The lowest BCUT2D eigenvalue weighted by Crippen LogP contribution is -2.25. The van der Waals surface area contributed by atoms with E-state index >= 15 is 0 Å². The second-order valence-corrected chi connectivity index (χ2v) is 5.94. The molecule has 0 aromatic heterocycles. The molecule has 1 heterocycles. The summed E-state index contributed by atoms with van der Waals surface area (Å²) >= 11 is 0. The van der Waals surface area contributed by atoms with Crippen molar-refractivity contribution in [3.05, 3.63) is 65.7 Å². The van der Waals surface area contributed by atoms with E-state index in [4.69, 9.17) is 0 Å². The number of carbonyl (C=O) groups is 1. The number of para-hydroxylation sites is 1. The van der Waals surface area contributed by atoms with Crippen LogP contribution in [0.2, 0.25) is 0 Å². The Morgan fingerprint density at radius 1 is 1.00 bits per heavy atom. The third-order valence-corrected chi connectivity index (χ3v) is 3.87. The average molecular weight is 359 g/mol. The lowest BCUT2D eigenvalue weighted by Gasteiger charge is -2.12. The summed E-state index contributed by atoms with van der Waals surface area (Å²) in [7, 11) is 3.72. The van der Waals surface area contributed by atoms with Crippen LogP contribution < -0.4 is 9.91 Å². The van der Waals surface area contributed by atoms with Crippen molar-refractivity contribution in [1.29, 1.82) is 0 Å². The molecule has 0 bridgehead atoms. The maximum Gasteiger partial charge on any atom is 0.435 e. The number of nitrogens with zero attached hydrogens (tertiary/aromatic N) is 3. The van der Waals surface area contributed by atoms with Crippen LogP contribution in [-0.2, 0) is 4.79 Å². The zero-order chi connectivity index (χ0) is 18.9. The Kier molecular flexibility index (Phi) is 4.54. The van der Waals surface area contributed by atoms with Crippen molar-refractivity contribution in [2.24, 2.45) is 5.10 Å². The highest BCUT2D eigenvalue weighted by atomic mass is 19.4. The monoisotopic (exact) mass is 359 g/mol. The highest BCUT2D eigenvalue weighted by Crippen LogP contribution is 2.32. The fourth-order valence-electron chi connectivity index (χ4n) is 2.53. The number of rotatable bonds is 3. The van der Waals surface area contributed by atoms with E-state index in [0.717, 1.165) is 10.7 Å². The van der Waals surface area contributed by atoms with Crippen molar-refractivity contribution in [3.63, 3.8) is 0 Å². The first-order chi connectivity index (χ1) is 12.3. The molecule has 1 aliphatic heterocycles. The molecule has 134 valence electrons. The van der Waals surface area contributed by atoms with Crippen LogP contribution >= 0.6 is 0 Å². The van der Waals surface area contributed by atoms with E-state index < -0.39 is 23.4 Å². The summed E-state index contributed by atoms with van der Waals surface area (Å²) in [6.45, 7) is 0. The van der Waals surface area contributed by atoms with Crippen LogP contribution in [0.15, 0.2) is 65.3 Å². The van der Waals surface area contributed by atoms with Crippen LogP contribution in [0, 0.1) is 0 Å². The van der Waals surface area contributed by atoms with Gasteiger partial charge in [-0.05, 0) is 35.9 Å². The van der Waals surface area contributed by atoms with Crippen molar-refractivity contribution in [3.8, 4) is 0 Å². The van der Waals surface area contributed by atoms with Gasteiger partial charge in [0.05, 0.1) is 11.3 Å². The average Bonchev–Trinajstić information content (AvgIpc) is 2.93. The molecule has 0 atom stereocenters. The smallest absolute Gasteiger partial charge is 0.378 e. The molecule has 0 saturated carbocycles. The van der Waals surface area contributed by atoms with E-state index in [2.05, 4.69) is 5.10 Å². The number of halogens is 3. The summed E-state index contributed by atoms with van der Waals surface area (Å²) in [5.74, 6) is -0.805. The Morgan fingerprint density at radius 2 is 1.62 bits per heavy atom. The molecule has 0 radical (unpaired) electrons. The first-order valence-electron chi connectivity index (χ1n) is 7.82. The van der Waals surface area contributed by atoms with Crippen LogP contribution in [-0.4, -0.2) is 31.9 Å². The van der Waals surface area contributed by atoms with E-state index in [1.807, 2.05) is 19.0 Å². The van der Waals surface area contributed by atoms with E-state index in [1.54, 1.807) is 42.5 Å². The largest absolute Gasteiger partial charge is 0.435 e. The second-order valence-electron chi connectivity index (χ2n) is 5.94. The van der Waals surface area contributed by atoms with Crippen molar-refractivity contribution < 1.29 is 18.0 Å². The van der Waals surface area contributed by atoms with Crippen LogP contribution in [0.1, 0.15) is 5.56 Å². The van der Waals surface area contributed by atoms with Gasteiger partial charge in [-0.3, -0.25) is 4.79 Å². The summed E-state index contributed by atoms with van der Waals surface area (Å²) in [5.41, 5.74) is 0.0129. The Balaban J connectivity index is 2.02. The minimum atomic E-state index is -4.73. The first kappa shape index (κ1) is 17.7. The summed E-state index contributed by atoms with van der Waals surface area (Å²) in [5, 5.41) is 4.31. The maximum absolute atomic E-state index is 13.4. The third kappa shape index (κ3) is 3.46. The fraction of sp³-hybridized carbons (Fsp3) is 0.158. The Bertz CT molecular complexity index is 869. The van der Waals surface area contributed by atoms with Gasteiger partial charge < -0.3 is 4.90 Å². The Morgan fingerprint density at radius 3 is 2.15 bits per heavy atom. The lowest BCUT2D eigenvalue weighted by molar-refractivity contribution is -0.114. The molecular weight excluding hydrogens is 343 g/mol. The number of amides is 1. The molecule has 0 spiro atoms. The summed E-state index contributed by atoms with van der Waals surface area (Å²) in [6.07, 6.45) is -3.51. The Labute approximate surface area is 148 Å². The molecule has 2 aromatic rings. The molecule has 3 rings (SSSR count). The van der Waals surface area contributed by atoms with Crippen LogP contribution in [0.3, 0.4) is 0 Å². The molecule has 0 N–H and O–H groups in total. The lowest BCUT2D eigenvalue weighted by atomic mass is 10.1. The normalized spacial score (nSPS) is 16.2. The zero-order valence-corrected chi connectivity index (χ0v) is 14.2. The maximum atomic E-state index is 13.4. The van der Waals surface area contributed by atoms with Gasteiger partial charge in [-0.25, -0.2) is 0 Å². The molecule has 0 unspecified atom stereocenters. The van der Waals surface area contributed by atoms with E-state index in [-0.39, 0.29) is 5.69 Å². The molecule has 0 aliphatic carbocycles. The van der Waals surface area contributed by atoms with E-state index in [9.17, 15) is 18.0 Å². The van der Waals surface area contributed by atoms with Crippen molar-refractivity contribution >= 4 is 29.1 Å². The number of hydrogen-bond donors (Lipinski definition) is 0. The molecule has 1 amide bonds. The van der Waals surface area contributed by atoms with Crippen LogP contribution in [0.25, 0.3) is 6.08 Å². The highest BCUT2D eigenvalue weighted by Gasteiger charge is 2.46. The van der Waals surface area contributed by atoms with Gasteiger partial charge in [0.1, 0.15) is 0 Å². The standard InChI is InChI=1S/C19H16F3N3O/c1-24(2)14-10-8-13(9-11-14)12-16-17(19(20,21)22)23-25(18(16)26)15-6-4-3-5-7-15/h3-12H,1-2H3/b16-12+. The second kappa shape index (κ2) is 6.67. The zero-order valence-electron chi connectivity index (χ0n) is 14.2. The summed E-state index contributed by atoms with van der Waals surface area (Å²) < 4.78 is 40.2. The predicted octanol–water partition coefficient (Wildman–Crippen LogP) is 4.10. The fourth-order valence-corrected chi connectivity index (χ4v) is 2.53. The van der Waals surface area contributed by atoms with Gasteiger partial charge in [-0.15, -0.1) is 0 Å². The minimum Gasteiger partial charge on any atom is -0.378 e. The molecular formula is C19H16F3N3O. The van der Waals surface area contributed by atoms with Crippen LogP contribution in [0.5, 0.6) is 0 Å². The van der Waals surface area contributed by atoms with Gasteiger partial charge in [0, 0.05) is 19.8 Å². The van der Waals surface area contributed by atoms with Gasteiger partial charge in [0.25, 0.3) is 5.91 Å². The molecule has 1 aliphatic rings. The molecule has 7 heteroatoms. The highest BCUT2D eigenvalue weighted by molar-refractivity contribution is 6.34. The van der Waals surface area contributed by atoms with Crippen molar-refractivity contribution in [2.75, 3.05) is 24.0 Å². The number of hydrazone groups is 1. The quantitative estimate of drug-likeness (QED) is 0.774. The molecule has 2 aromatic carbocycles. The van der Waals surface area contributed by atoms with Gasteiger partial charge in [-0.2, -0.15) is 23.3 Å². The molecule has 4 nitrogen and oxygen atoms in total. The molecule has 0 saturated heterocycles. The summed E-state index contributed by atoms with van der Waals surface area (Å²) in [4.78, 5) is 14.4. The van der Waals surface area contributed by atoms with E-state index in [0.29, 0.717) is 5.56 Å². The van der Waals surface area contributed by atoms with Crippen LogP contribution in [0.4, 0.5) is 24.5 Å². The predicted molar refractivity (Wildman–Crippen MR) is 96.2 cm³/mol. The van der Waals surface area contributed by atoms with Gasteiger partial charge in [0.15, 0.2) is 5.71 Å². The number of benzene rings is 2. The number of carbonyl (C=O) groups excluding carboxylic acids is 1. The first-order valence-corrected chi connectivity index (χ1v) is 7.82. The number of anilines is 2. The number of hydrogen-bond acceptors (Lipinski definition) is 3. The van der Waals surface area contributed by atoms with Crippen molar-refractivity contribution in [1.82, 2.24) is 0 Å². The Hall–Kier alpha value is -3.09. The van der Waals surface area contributed by atoms with Crippen molar-refractivity contribution in [2.45, 2.75) is 6.18 Å². The third-order valence-electron chi connectivity index (χ3n) is 3.87. The SMILES string of the molecule is CN(C)c1ccc(/C=C2/C(=O)N(c3ccccc3)N=C2C(F)(F)F)cc1. The van der Waals surface area contributed by atoms with E-state index in [1.165, 1.54) is 18.2 Å². The minimum absolute atomic E-state index is 0.283. The number of alkyl halides is 3. The van der Waals surface area contributed by atoms with Gasteiger partial charge >= 0.3 is 6.18 Å². The van der Waals surface area contributed by atoms with Gasteiger partial charge in [0.2, 0.25) is 0 Å².